The number of oxazole rings is 1. The van der Waals surface area contributed by atoms with Crippen molar-refractivity contribution in [2.24, 2.45) is 0 Å². The van der Waals surface area contributed by atoms with Crippen LogP contribution < -0.4 is 11.1 Å². The number of benzene rings is 2. The molecular weight excluding hydrogens is 336 g/mol. The second-order valence-electron chi connectivity index (χ2n) is 5.71. The van der Waals surface area contributed by atoms with E-state index in [2.05, 4.69) is 10.3 Å². The molecular formula is C19H14N2O3S. The zero-order valence-corrected chi connectivity index (χ0v) is 14.1. The molecule has 2 N–H and O–H groups in total. The first-order valence-electron chi connectivity index (χ1n) is 7.69. The van der Waals surface area contributed by atoms with Gasteiger partial charge in [0, 0.05) is 11.3 Å². The van der Waals surface area contributed by atoms with Crippen LogP contribution in [0.5, 0.6) is 0 Å². The minimum absolute atomic E-state index is 0.184. The smallest absolute Gasteiger partial charge is 0.408 e. The number of nitrogens with one attached hydrogen (secondary N) is 2. The minimum Gasteiger partial charge on any atom is -0.408 e. The van der Waals surface area contributed by atoms with Gasteiger partial charge in [-0.3, -0.25) is 9.78 Å². The Kier molecular flexibility index (Phi) is 3.74. The molecule has 0 saturated carbocycles. The summed E-state index contributed by atoms with van der Waals surface area (Å²) in [5.41, 5.74) is 4.68. The Labute approximate surface area is 146 Å². The van der Waals surface area contributed by atoms with Crippen LogP contribution in [0, 0.1) is 6.92 Å². The summed E-state index contributed by atoms with van der Waals surface area (Å²) in [4.78, 5) is 27.1. The maximum absolute atomic E-state index is 12.7. The van der Waals surface area contributed by atoms with Gasteiger partial charge in [0.15, 0.2) is 5.58 Å². The molecule has 25 heavy (non-hydrogen) atoms. The Bertz CT molecular complexity index is 1120. The summed E-state index contributed by atoms with van der Waals surface area (Å²) in [5, 5.41) is 4.78. The van der Waals surface area contributed by atoms with Gasteiger partial charge >= 0.3 is 5.76 Å². The van der Waals surface area contributed by atoms with Crippen molar-refractivity contribution in [2.45, 2.75) is 6.92 Å². The van der Waals surface area contributed by atoms with Gasteiger partial charge in [0.1, 0.15) is 0 Å². The number of hydrogen-bond donors (Lipinski definition) is 2. The van der Waals surface area contributed by atoms with Crippen molar-refractivity contribution in [3.63, 3.8) is 0 Å². The zero-order chi connectivity index (χ0) is 17.4. The number of H-pyrrole nitrogens is 1. The molecule has 124 valence electrons. The van der Waals surface area contributed by atoms with Crippen LogP contribution >= 0.6 is 11.3 Å². The number of aryl methyl sites for hydroxylation is 1. The average Bonchev–Trinajstić information content (AvgIpc) is 3.21. The molecule has 0 bridgehead atoms. The standard InChI is InChI=1S/C19H14N2O3S/c1-11-2-4-12(5-3-11)14-8-9-25-17(14)18(22)20-13-6-7-16-15(10-13)21-19(23)24-16/h2-10H,1H3,(H,20,22)(H,21,23). The molecule has 2 aromatic heterocycles. The highest BCUT2D eigenvalue weighted by Gasteiger charge is 2.15. The summed E-state index contributed by atoms with van der Waals surface area (Å²) in [6.45, 7) is 2.03. The largest absolute Gasteiger partial charge is 0.417 e. The van der Waals surface area contributed by atoms with E-state index in [0.717, 1.165) is 11.1 Å². The number of fused-ring (bicyclic) bond motifs is 1. The third-order valence-electron chi connectivity index (χ3n) is 3.91. The predicted molar refractivity (Wildman–Crippen MR) is 99.3 cm³/mol. The number of thiophene rings is 1. The van der Waals surface area contributed by atoms with E-state index in [0.29, 0.717) is 21.7 Å². The number of anilines is 1. The van der Waals surface area contributed by atoms with Crippen LogP contribution in [-0.2, 0) is 0 Å². The van der Waals surface area contributed by atoms with Crippen molar-refractivity contribution < 1.29 is 9.21 Å². The van der Waals surface area contributed by atoms with E-state index in [-0.39, 0.29) is 5.91 Å². The predicted octanol–water partition coefficient (Wildman–Crippen LogP) is 4.41. The lowest BCUT2D eigenvalue weighted by molar-refractivity contribution is 0.103. The Hall–Kier alpha value is -3.12. The molecule has 0 aliphatic rings. The topological polar surface area (TPSA) is 75.1 Å². The highest BCUT2D eigenvalue weighted by atomic mass is 32.1. The highest BCUT2D eigenvalue weighted by Crippen LogP contribution is 2.29. The molecule has 4 aromatic rings. The first kappa shape index (κ1) is 15.4. The van der Waals surface area contributed by atoms with Crippen molar-refractivity contribution in [2.75, 3.05) is 5.32 Å². The number of carbonyl (C=O) groups is 1. The van der Waals surface area contributed by atoms with Crippen molar-refractivity contribution in [3.05, 3.63) is 74.9 Å². The van der Waals surface area contributed by atoms with Gasteiger partial charge in [-0.1, -0.05) is 29.8 Å². The maximum Gasteiger partial charge on any atom is 0.417 e. The van der Waals surface area contributed by atoms with E-state index in [1.54, 1.807) is 18.2 Å². The number of carbonyl (C=O) groups excluding carboxylic acids is 1. The van der Waals surface area contributed by atoms with Crippen LogP contribution in [-0.4, -0.2) is 10.9 Å². The number of rotatable bonds is 3. The Balaban J connectivity index is 1.63. The van der Waals surface area contributed by atoms with E-state index in [1.807, 2.05) is 42.6 Å². The first-order valence-corrected chi connectivity index (χ1v) is 8.57. The quantitative estimate of drug-likeness (QED) is 0.575. The van der Waals surface area contributed by atoms with Gasteiger partial charge in [0.05, 0.1) is 10.4 Å². The van der Waals surface area contributed by atoms with Gasteiger partial charge in [-0.15, -0.1) is 11.3 Å². The van der Waals surface area contributed by atoms with Crippen LogP contribution in [0.15, 0.2) is 63.1 Å². The fraction of sp³-hybridized carbons (Fsp3) is 0.0526. The fourth-order valence-electron chi connectivity index (χ4n) is 2.66. The van der Waals surface area contributed by atoms with Crippen LogP contribution in [0.3, 0.4) is 0 Å². The summed E-state index contributed by atoms with van der Waals surface area (Å²) >= 11 is 1.40. The van der Waals surface area contributed by atoms with E-state index in [4.69, 9.17) is 4.42 Å². The van der Waals surface area contributed by atoms with E-state index >= 15 is 0 Å². The monoisotopic (exact) mass is 350 g/mol. The third-order valence-corrected chi connectivity index (χ3v) is 4.82. The first-order chi connectivity index (χ1) is 12.1. The molecule has 0 aliphatic heterocycles. The van der Waals surface area contributed by atoms with E-state index in [1.165, 1.54) is 16.9 Å². The summed E-state index contributed by atoms with van der Waals surface area (Å²) in [7, 11) is 0. The second-order valence-corrected chi connectivity index (χ2v) is 6.63. The number of aromatic nitrogens is 1. The van der Waals surface area contributed by atoms with Gasteiger partial charge in [0.25, 0.3) is 5.91 Å². The number of aromatic amines is 1. The number of amides is 1. The van der Waals surface area contributed by atoms with Gasteiger partial charge in [-0.25, -0.2) is 4.79 Å². The third kappa shape index (κ3) is 2.99. The molecule has 0 saturated heterocycles. The molecule has 0 aliphatic carbocycles. The van der Waals surface area contributed by atoms with Crippen molar-refractivity contribution >= 4 is 34.0 Å². The summed E-state index contributed by atoms with van der Waals surface area (Å²) < 4.78 is 4.96. The fourth-order valence-corrected chi connectivity index (χ4v) is 3.47. The normalized spacial score (nSPS) is 10.9. The Morgan fingerprint density at radius 3 is 2.72 bits per heavy atom. The molecule has 6 heteroatoms. The zero-order valence-electron chi connectivity index (χ0n) is 13.3. The van der Waals surface area contributed by atoms with Crippen molar-refractivity contribution in [1.82, 2.24) is 4.98 Å². The van der Waals surface area contributed by atoms with Crippen molar-refractivity contribution in [1.29, 1.82) is 0 Å². The molecule has 0 radical (unpaired) electrons. The average molecular weight is 350 g/mol. The van der Waals surface area contributed by atoms with Gasteiger partial charge in [0.2, 0.25) is 0 Å². The lowest BCUT2D eigenvalue weighted by Crippen LogP contribution is -2.11. The van der Waals surface area contributed by atoms with Crippen LogP contribution in [0.25, 0.3) is 22.2 Å². The molecule has 0 spiro atoms. The number of hydrogen-bond acceptors (Lipinski definition) is 4. The highest BCUT2D eigenvalue weighted by molar-refractivity contribution is 7.12. The SMILES string of the molecule is Cc1ccc(-c2ccsc2C(=O)Nc2ccc3oc(=O)[nH]c3c2)cc1. The van der Waals surface area contributed by atoms with Gasteiger partial charge in [-0.2, -0.15) is 0 Å². The lowest BCUT2D eigenvalue weighted by atomic mass is 10.0. The van der Waals surface area contributed by atoms with Crippen LogP contribution in [0.1, 0.15) is 15.2 Å². The maximum atomic E-state index is 12.7. The molecule has 2 aromatic carbocycles. The molecule has 5 nitrogen and oxygen atoms in total. The molecule has 1 amide bonds. The van der Waals surface area contributed by atoms with Crippen LogP contribution in [0.4, 0.5) is 5.69 Å². The molecule has 2 heterocycles. The van der Waals surface area contributed by atoms with E-state index in [9.17, 15) is 9.59 Å². The van der Waals surface area contributed by atoms with Crippen molar-refractivity contribution in [3.8, 4) is 11.1 Å². The molecule has 0 fully saturated rings. The molecule has 4 rings (SSSR count). The minimum atomic E-state index is -0.515. The summed E-state index contributed by atoms with van der Waals surface area (Å²) in [5.74, 6) is -0.700. The second kappa shape index (κ2) is 6.07. The van der Waals surface area contributed by atoms with E-state index < -0.39 is 5.76 Å². The Morgan fingerprint density at radius 2 is 1.92 bits per heavy atom. The van der Waals surface area contributed by atoms with Gasteiger partial charge in [-0.05, 0) is 42.1 Å². The summed E-state index contributed by atoms with van der Waals surface area (Å²) in [6.07, 6.45) is 0. The molecule has 0 unspecified atom stereocenters. The van der Waals surface area contributed by atoms with Gasteiger partial charge < -0.3 is 9.73 Å². The summed E-state index contributed by atoms with van der Waals surface area (Å²) in [6, 6.07) is 15.1. The van der Waals surface area contributed by atoms with Crippen LogP contribution in [0.2, 0.25) is 0 Å². The lowest BCUT2D eigenvalue weighted by Gasteiger charge is -2.07. The molecule has 0 atom stereocenters. The Morgan fingerprint density at radius 1 is 1.12 bits per heavy atom.